The summed E-state index contributed by atoms with van der Waals surface area (Å²) in [5.41, 5.74) is 0. The fourth-order valence-corrected chi connectivity index (χ4v) is 6.73. The first-order chi connectivity index (χ1) is 26.3. The average Bonchev–Trinajstić information content (AvgIpc) is 3.15. The molecule has 10 heteroatoms. The van der Waals surface area contributed by atoms with Gasteiger partial charge >= 0.3 is 19.8 Å². The van der Waals surface area contributed by atoms with Crippen molar-refractivity contribution in [1.29, 1.82) is 0 Å². The van der Waals surface area contributed by atoms with E-state index < -0.39 is 26.5 Å². The Morgan fingerprint density at radius 2 is 1.06 bits per heavy atom. The molecule has 0 amide bonds. The van der Waals surface area contributed by atoms with Gasteiger partial charge in [-0.3, -0.25) is 18.6 Å². The van der Waals surface area contributed by atoms with Crippen LogP contribution in [-0.4, -0.2) is 56.3 Å². The third kappa shape index (κ3) is 39.9. The number of esters is 2. The summed E-state index contributed by atoms with van der Waals surface area (Å²) in [4.78, 5) is 35.0. The second kappa shape index (κ2) is 40.9. The maximum absolute atomic E-state index is 12.6. The first-order valence-corrected chi connectivity index (χ1v) is 23.4. The van der Waals surface area contributed by atoms with Gasteiger partial charge in [0.1, 0.15) is 6.61 Å². The lowest BCUT2D eigenvalue weighted by Gasteiger charge is -2.20. The predicted octanol–water partition coefficient (Wildman–Crippen LogP) is 12.4. The number of carbonyl (C=O) groups is 2. The monoisotopic (exact) mass is 784 g/mol. The molecule has 0 aliphatic heterocycles. The minimum Gasteiger partial charge on any atom is -0.462 e. The molecule has 54 heavy (non-hydrogen) atoms. The second-order valence-corrected chi connectivity index (χ2v) is 16.0. The molecule has 0 saturated carbocycles. The fourth-order valence-electron chi connectivity index (χ4n) is 5.98. The van der Waals surface area contributed by atoms with Gasteiger partial charge < -0.3 is 19.7 Å². The molecule has 2 N–H and O–H groups in total. The molecule has 0 fully saturated rings. The van der Waals surface area contributed by atoms with Crippen molar-refractivity contribution in [2.45, 2.75) is 200 Å². The van der Waals surface area contributed by atoms with Crippen molar-refractivity contribution in [3.63, 3.8) is 0 Å². The van der Waals surface area contributed by atoms with Crippen LogP contribution in [0.2, 0.25) is 0 Å². The zero-order chi connectivity index (χ0) is 39.6. The minimum atomic E-state index is -4.35. The van der Waals surface area contributed by atoms with Crippen molar-refractivity contribution in [2.24, 2.45) is 0 Å². The molecule has 0 spiro atoms. The molecular formula is C44H82NO8P. The summed E-state index contributed by atoms with van der Waals surface area (Å²) in [6.07, 6.45) is 43.3. The van der Waals surface area contributed by atoms with E-state index in [1.165, 1.54) is 89.9 Å². The third-order valence-electron chi connectivity index (χ3n) is 9.27. The van der Waals surface area contributed by atoms with E-state index in [2.05, 4.69) is 55.6 Å². The highest BCUT2D eigenvalue weighted by molar-refractivity contribution is 7.47. The van der Waals surface area contributed by atoms with Crippen molar-refractivity contribution < 1.29 is 37.6 Å². The molecule has 0 aliphatic rings. The molecule has 0 aromatic heterocycles. The molecule has 0 rings (SSSR count). The van der Waals surface area contributed by atoms with Gasteiger partial charge in [0, 0.05) is 19.4 Å². The smallest absolute Gasteiger partial charge is 0.462 e. The quantitative estimate of drug-likeness (QED) is 0.0270. The van der Waals surface area contributed by atoms with Gasteiger partial charge in [0.2, 0.25) is 0 Å². The molecule has 0 saturated heterocycles. The Balaban J connectivity index is 4.21. The average molecular weight is 784 g/mol. The van der Waals surface area contributed by atoms with Gasteiger partial charge in [0.15, 0.2) is 6.10 Å². The summed E-state index contributed by atoms with van der Waals surface area (Å²) in [6.45, 7) is 4.11. The Morgan fingerprint density at radius 3 is 1.57 bits per heavy atom. The maximum atomic E-state index is 12.6. The summed E-state index contributed by atoms with van der Waals surface area (Å²) in [5, 5.41) is 2.82. The van der Waals surface area contributed by atoms with E-state index in [1.807, 2.05) is 0 Å². The van der Waals surface area contributed by atoms with Crippen LogP contribution in [0.5, 0.6) is 0 Å². The van der Waals surface area contributed by atoms with E-state index in [0.717, 1.165) is 70.6 Å². The molecule has 2 unspecified atom stereocenters. The number of hydrogen-bond donors (Lipinski definition) is 2. The molecular weight excluding hydrogens is 701 g/mol. The summed E-state index contributed by atoms with van der Waals surface area (Å²) >= 11 is 0. The SMILES string of the molecule is CC/C=C\C/C=C\C/C=C\CCCCCCCC(=O)OC(COC(=O)CCCCCCCCCCCCCCCCCCC)COP(=O)(O)OCCNC. The highest BCUT2D eigenvalue weighted by Gasteiger charge is 2.26. The van der Waals surface area contributed by atoms with Crippen LogP contribution in [-0.2, 0) is 32.7 Å². The lowest BCUT2D eigenvalue weighted by atomic mass is 10.0. The summed E-state index contributed by atoms with van der Waals surface area (Å²) < 4.78 is 33.2. The van der Waals surface area contributed by atoms with E-state index in [-0.39, 0.29) is 32.0 Å². The number of phosphoric ester groups is 1. The van der Waals surface area contributed by atoms with Crippen molar-refractivity contribution in [1.82, 2.24) is 5.32 Å². The van der Waals surface area contributed by atoms with Crippen molar-refractivity contribution in [3.05, 3.63) is 36.5 Å². The van der Waals surface area contributed by atoms with Gasteiger partial charge in [0.05, 0.1) is 13.2 Å². The maximum Gasteiger partial charge on any atom is 0.472 e. The van der Waals surface area contributed by atoms with Crippen LogP contribution in [0, 0.1) is 0 Å². The predicted molar refractivity (Wildman–Crippen MR) is 225 cm³/mol. The number of likely N-dealkylation sites (N-methyl/N-ethyl adjacent to an activating group) is 1. The van der Waals surface area contributed by atoms with Crippen LogP contribution in [0.15, 0.2) is 36.5 Å². The molecule has 0 aliphatic carbocycles. The molecule has 0 radical (unpaired) electrons. The van der Waals surface area contributed by atoms with E-state index in [9.17, 15) is 19.0 Å². The summed E-state index contributed by atoms with van der Waals surface area (Å²) in [6, 6.07) is 0. The number of unbranched alkanes of at least 4 members (excludes halogenated alkanes) is 21. The number of hydrogen-bond acceptors (Lipinski definition) is 8. The summed E-state index contributed by atoms with van der Waals surface area (Å²) in [5.74, 6) is -0.821. The number of phosphoric acid groups is 1. The largest absolute Gasteiger partial charge is 0.472 e. The van der Waals surface area contributed by atoms with Crippen LogP contribution in [0.25, 0.3) is 0 Å². The van der Waals surface area contributed by atoms with Crippen molar-refractivity contribution in [2.75, 3.05) is 33.4 Å². The van der Waals surface area contributed by atoms with Crippen molar-refractivity contribution >= 4 is 19.8 Å². The number of carbonyl (C=O) groups excluding carboxylic acids is 2. The molecule has 0 bridgehead atoms. The van der Waals surface area contributed by atoms with Crippen LogP contribution in [0.1, 0.15) is 194 Å². The molecule has 0 aromatic carbocycles. The Hall–Kier alpha value is -1.77. The Kier molecular flexibility index (Phi) is 39.5. The van der Waals surface area contributed by atoms with Gasteiger partial charge in [-0.15, -0.1) is 0 Å². The highest BCUT2D eigenvalue weighted by atomic mass is 31.2. The molecule has 9 nitrogen and oxygen atoms in total. The Morgan fingerprint density at radius 1 is 0.593 bits per heavy atom. The standard InChI is InChI=1S/C44H82NO8P/c1-4-6-8-10-12-14-16-18-20-21-23-24-26-28-30-32-34-36-43(46)50-40-42(41-52-54(48,49)51-39-38-45-3)53-44(47)37-35-33-31-29-27-25-22-19-17-15-13-11-9-7-5-2/h7,9,13,15,19,22,42,45H,4-6,8,10-12,14,16-18,20-21,23-41H2,1-3H3,(H,48,49)/b9-7-,15-13-,22-19-. The Bertz CT molecular complexity index is 986. The van der Waals surface area contributed by atoms with E-state index >= 15 is 0 Å². The number of ether oxygens (including phenoxy) is 2. The van der Waals surface area contributed by atoms with Crippen LogP contribution in [0.4, 0.5) is 0 Å². The number of rotatable bonds is 41. The second-order valence-electron chi connectivity index (χ2n) is 14.5. The molecule has 316 valence electrons. The van der Waals surface area contributed by atoms with Gasteiger partial charge in [-0.05, 0) is 52.0 Å². The van der Waals surface area contributed by atoms with E-state index in [4.69, 9.17) is 18.5 Å². The zero-order valence-electron chi connectivity index (χ0n) is 34.9. The normalized spacial score (nSPS) is 13.6. The number of nitrogens with one attached hydrogen (secondary N) is 1. The topological polar surface area (TPSA) is 120 Å². The third-order valence-corrected chi connectivity index (χ3v) is 10.3. The molecule has 0 heterocycles. The highest BCUT2D eigenvalue weighted by Crippen LogP contribution is 2.43. The first kappa shape index (κ1) is 52.2. The van der Waals surface area contributed by atoms with Crippen molar-refractivity contribution in [3.8, 4) is 0 Å². The zero-order valence-corrected chi connectivity index (χ0v) is 35.8. The van der Waals surface area contributed by atoms with Crippen LogP contribution < -0.4 is 5.32 Å². The lowest BCUT2D eigenvalue weighted by molar-refractivity contribution is -0.161. The first-order valence-electron chi connectivity index (χ1n) is 21.9. The van der Waals surface area contributed by atoms with Crippen LogP contribution in [0.3, 0.4) is 0 Å². The van der Waals surface area contributed by atoms with E-state index in [1.54, 1.807) is 7.05 Å². The van der Waals surface area contributed by atoms with E-state index in [0.29, 0.717) is 13.0 Å². The van der Waals surface area contributed by atoms with Gasteiger partial charge in [-0.25, -0.2) is 4.57 Å². The van der Waals surface area contributed by atoms with Crippen LogP contribution >= 0.6 is 7.82 Å². The van der Waals surface area contributed by atoms with Gasteiger partial charge in [0.25, 0.3) is 0 Å². The van der Waals surface area contributed by atoms with Gasteiger partial charge in [-0.2, -0.15) is 0 Å². The summed E-state index contributed by atoms with van der Waals surface area (Å²) in [7, 11) is -2.65. The lowest BCUT2D eigenvalue weighted by Crippen LogP contribution is -2.29. The Labute approximate surface area is 331 Å². The minimum absolute atomic E-state index is 0.0199. The van der Waals surface area contributed by atoms with Gasteiger partial charge in [-0.1, -0.05) is 172 Å². The molecule has 0 aromatic rings. The number of allylic oxidation sites excluding steroid dienone is 6. The fraction of sp³-hybridized carbons (Fsp3) is 0.818. The molecule has 2 atom stereocenters.